The van der Waals surface area contributed by atoms with Gasteiger partial charge in [0.2, 0.25) is 0 Å². The lowest BCUT2D eigenvalue weighted by atomic mass is 10.9. The van der Waals surface area contributed by atoms with Crippen LogP contribution in [-0.4, -0.2) is 18.8 Å². The SMILES string of the molecule is CNN1C=COC1. The topological polar surface area (TPSA) is 24.5 Å². The molecule has 0 bridgehead atoms. The molecule has 7 heavy (non-hydrogen) atoms. The molecule has 0 radical (unpaired) electrons. The number of ether oxygens (including phenoxy) is 1. The zero-order chi connectivity index (χ0) is 5.11. The average Bonchev–Trinajstić information content (AvgIpc) is 2.14. The highest BCUT2D eigenvalue weighted by Gasteiger charge is 1.97. The standard InChI is InChI=1S/C4H8N2O/c1-5-6-2-3-7-4-6/h2-3,5H,4H2,1H3. The summed E-state index contributed by atoms with van der Waals surface area (Å²) < 4.78 is 4.83. The molecule has 0 amide bonds. The van der Waals surface area contributed by atoms with Gasteiger partial charge in [0.1, 0.15) is 6.26 Å². The van der Waals surface area contributed by atoms with E-state index in [0.29, 0.717) is 6.73 Å². The van der Waals surface area contributed by atoms with E-state index in [1.165, 1.54) is 0 Å². The Balaban J connectivity index is 2.28. The first-order valence-corrected chi connectivity index (χ1v) is 2.16. The smallest absolute Gasteiger partial charge is 0.173 e. The zero-order valence-corrected chi connectivity index (χ0v) is 4.22. The van der Waals surface area contributed by atoms with Crippen LogP contribution < -0.4 is 5.43 Å². The summed E-state index contributed by atoms with van der Waals surface area (Å²) in [5.41, 5.74) is 2.89. The van der Waals surface area contributed by atoms with Crippen molar-refractivity contribution in [1.29, 1.82) is 0 Å². The van der Waals surface area contributed by atoms with Crippen molar-refractivity contribution in [2.45, 2.75) is 0 Å². The second-order valence-electron chi connectivity index (χ2n) is 1.27. The minimum atomic E-state index is 0.622. The average molecular weight is 100 g/mol. The fourth-order valence-electron chi connectivity index (χ4n) is 0.422. The van der Waals surface area contributed by atoms with Gasteiger partial charge in [0.25, 0.3) is 0 Å². The number of rotatable bonds is 1. The Morgan fingerprint density at radius 1 is 1.86 bits per heavy atom. The molecule has 1 rings (SSSR count). The molecular formula is C4H8N2O. The minimum Gasteiger partial charge on any atom is -0.478 e. The number of nitrogens with one attached hydrogen (secondary N) is 1. The Bertz CT molecular complexity index is 81.8. The van der Waals surface area contributed by atoms with Crippen LogP contribution in [0.5, 0.6) is 0 Å². The van der Waals surface area contributed by atoms with Crippen molar-refractivity contribution in [2.24, 2.45) is 0 Å². The fourth-order valence-corrected chi connectivity index (χ4v) is 0.422. The van der Waals surface area contributed by atoms with E-state index in [4.69, 9.17) is 4.74 Å². The Kier molecular flexibility index (Phi) is 1.17. The molecule has 3 nitrogen and oxygen atoms in total. The summed E-state index contributed by atoms with van der Waals surface area (Å²) in [5.74, 6) is 0. The largest absolute Gasteiger partial charge is 0.478 e. The third-order valence-corrected chi connectivity index (χ3v) is 0.838. The highest BCUT2D eigenvalue weighted by Crippen LogP contribution is 1.93. The third-order valence-electron chi connectivity index (χ3n) is 0.838. The van der Waals surface area contributed by atoms with Crippen LogP contribution in [0.15, 0.2) is 12.5 Å². The molecule has 0 unspecified atom stereocenters. The molecule has 3 heteroatoms. The highest BCUT2D eigenvalue weighted by atomic mass is 16.5. The highest BCUT2D eigenvalue weighted by molar-refractivity contribution is 4.75. The molecule has 0 aliphatic carbocycles. The molecule has 1 aliphatic rings. The van der Waals surface area contributed by atoms with Gasteiger partial charge in [-0.1, -0.05) is 0 Å². The predicted octanol–water partition coefficient (Wildman–Crippen LogP) is -0.118. The van der Waals surface area contributed by atoms with E-state index in [2.05, 4.69) is 5.43 Å². The summed E-state index contributed by atoms with van der Waals surface area (Å²) in [4.78, 5) is 0. The molecule has 1 N–H and O–H groups in total. The van der Waals surface area contributed by atoms with Crippen LogP contribution in [0, 0.1) is 0 Å². The van der Waals surface area contributed by atoms with E-state index >= 15 is 0 Å². The Labute approximate surface area is 42.5 Å². The van der Waals surface area contributed by atoms with E-state index < -0.39 is 0 Å². The lowest BCUT2D eigenvalue weighted by Gasteiger charge is -2.09. The van der Waals surface area contributed by atoms with Crippen molar-refractivity contribution >= 4 is 0 Å². The van der Waals surface area contributed by atoms with Crippen LogP contribution in [-0.2, 0) is 4.74 Å². The summed E-state index contributed by atoms with van der Waals surface area (Å²) in [6, 6.07) is 0. The van der Waals surface area contributed by atoms with Crippen molar-refractivity contribution < 1.29 is 4.74 Å². The quantitative estimate of drug-likeness (QED) is 0.497. The third kappa shape index (κ3) is 0.838. The molecule has 0 aromatic rings. The van der Waals surface area contributed by atoms with E-state index in [0.717, 1.165) is 0 Å². The van der Waals surface area contributed by atoms with E-state index in [1.54, 1.807) is 6.26 Å². The molecule has 0 saturated carbocycles. The first-order chi connectivity index (χ1) is 3.43. The fraction of sp³-hybridized carbons (Fsp3) is 0.500. The normalized spacial score (nSPS) is 17.6. The van der Waals surface area contributed by atoms with Gasteiger partial charge >= 0.3 is 0 Å². The van der Waals surface area contributed by atoms with Gasteiger partial charge in [-0.3, -0.25) is 5.01 Å². The van der Waals surface area contributed by atoms with Crippen molar-refractivity contribution in [1.82, 2.24) is 10.4 Å². The van der Waals surface area contributed by atoms with Crippen molar-refractivity contribution in [3.05, 3.63) is 12.5 Å². The molecule has 0 atom stereocenters. The maximum atomic E-state index is 4.83. The van der Waals surface area contributed by atoms with Gasteiger partial charge in [0.05, 0.1) is 6.20 Å². The zero-order valence-electron chi connectivity index (χ0n) is 4.22. The monoisotopic (exact) mass is 100 g/mol. The maximum absolute atomic E-state index is 4.83. The van der Waals surface area contributed by atoms with Crippen LogP contribution >= 0.6 is 0 Å². The number of hydrazine groups is 1. The van der Waals surface area contributed by atoms with Gasteiger partial charge in [-0.05, 0) is 0 Å². The van der Waals surface area contributed by atoms with Crippen LogP contribution in [0.3, 0.4) is 0 Å². The summed E-state index contributed by atoms with van der Waals surface area (Å²) in [6.07, 6.45) is 3.48. The Morgan fingerprint density at radius 3 is 3.00 bits per heavy atom. The number of hydrogen-bond donors (Lipinski definition) is 1. The van der Waals surface area contributed by atoms with Crippen LogP contribution in [0.25, 0.3) is 0 Å². The maximum Gasteiger partial charge on any atom is 0.173 e. The summed E-state index contributed by atoms with van der Waals surface area (Å²) in [6.45, 7) is 0.622. The minimum absolute atomic E-state index is 0.622. The lowest BCUT2D eigenvalue weighted by Crippen LogP contribution is -2.27. The Hall–Kier alpha value is -0.700. The second kappa shape index (κ2) is 1.84. The van der Waals surface area contributed by atoms with Crippen LogP contribution in [0.1, 0.15) is 0 Å². The van der Waals surface area contributed by atoms with E-state index in [-0.39, 0.29) is 0 Å². The van der Waals surface area contributed by atoms with Crippen molar-refractivity contribution in [2.75, 3.05) is 13.8 Å². The van der Waals surface area contributed by atoms with Crippen LogP contribution in [0.2, 0.25) is 0 Å². The number of hydrogen-bond acceptors (Lipinski definition) is 3. The molecule has 1 aliphatic heterocycles. The molecule has 0 spiro atoms. The van der Waals surface area contributed by atoms with Crippen molar-refractivity contribution in [3.8, 4) is 0 Å². The molecule has 0 aromatic carbocycles. The summed E-state index contributed by atoms with van der Waals surface area (Å²) in [5, 5.41) is 1.83. The van der Waals surface area contributed by atoms with E-state index in [9.17, 15) is 0 Å². The first-order valence-electron chi connectivity index (χ1n) is 2.16. The molecule has 0 fully saturated rings. The first kappa shape index (κ1) is 4.46. The van der Waals surface area contributed by atoms with Gasteiger partial charge in [-0.25, -0.2) is 5.43 Å². The van der Waals surface area contributed by atoms with Gasteiger partial charge in [0, 0.05) is 7.05 Å². The summed E-state index contributed by atoms with van der Waals surface area (Å²) >= 11 is 0. The number of nitrogens with zero attached hydrogens (tertiary/aromatic N) is 1. The van der Waals surface area contributed by atoms with Gasteiger partial charge in [-0.15, -0.1) is 0 Å². The van der Waals surface area contributed by atoms with Gasteiger partial charge in [0.15, 0.2) is 6.73 Å². The Morgan fingerprint density at radius 2 is 2.71 bits per heavy atom. The van der Waals surface area contributed by atoms with E-state index in [1.807, 2.05) is 18.3 Å². The molecule has 1 heterocycles. The van der Waals surface area contributed by atoms with Gasteiger partial charge < -0.3 is 4.74 Å². The summed E-state index contributed by atoms with van der Waals surface area (Å²) in [7, 11) is 1.85. The van der Waals surface area contributed by atoms with Gasteiger partial charge in [-0.2, -0.15) is 0 Å². The molecule has 0 saturated heterocycles. The molecule has 40 valence electrons. The second-order valence-corrected chi connectivity index (χ2v) is 1.27. The predicted molar refractivity (Wildman–Crippen MR) is 26.0 cm³/mol. The molecular weight excluding hydrogens is 92.1 g/mol. The lowest BCUT2D eigenvalue weighted by molar-refractivity contribution is 0.141. The molecule has 0 aromatic heterocycles. The van der Waals surface area contributed by atoms with Crippen molar-refractivity contribution in [3.63, 3.8) is 0 Å². The van der Waals surface area contributed by atoms with Crippen LogP contribution in [0.4, 0.5) is 0 Å².